The number of aromatic nitrogens is 3. The molecule has 4 nitrogen and oxygen atoms in total. The Labute approximate surface area is 129 Å². The molecule has 0 spiro atoms. The second-order valence-electron chi connectivity index (χ2n) is 4.54. The fraction of sp³-hybridized carbons (Fsp3) is 0.231. The number of anilines is 1. The van der Waals surface area contributed by atoms with Gasteiger partial charge in [-0.25, -0.2) is 9.97 Å². The molecular formula is C13H13IN4S. The van der Waals surface area contributed by atoms with Crippen LogP contribution in [-0.4, -0.2) is 28.5 Å². The predicted molar refractivity (Wildman–Crippen MR) is 88.1 cm³/mol. The summed E-state index contributed by atoms with van der Waals surface area (Å²) in [4.78, 5) is 12.4. The van der Waals surface area contributed by atoms with Crippen LogP contribution in [-0.2, 0) is 0 Å². The molecule has 0 fully saturated rings. The van der Waals surface area contributed by atoms with Crippen LogP contribution in [0.2, 0.25) is 0 Å². The maximum Gasteiger partial charge on any atom is 0.159 e. The van der Waals surface area contributed by atoms with Crippen LogP contribution >= 0.6 is 33.9 Å². The molecule has 0 saturated carbocycles. The van der Waals surface area contributed by atoms with Crippen LogP contribution in [0.3, 0.4) is 0 Å². The highest BCUT2D eigenvalue weighted by Crippen LogP contribution is 2.32. The Balaban J connectivity index is 2.12. The van der Waals surface area contributed by atoms with Crippen molar-refractivity contribution in [2.24, 2.45) is 0 Å². The zero-order chi connectivity index (χ0) is 13.6. The Kier molecular flexibility index (Phi) is 3.22. The summed E-state index contributed by atoms with van der Waals surface area (Å²) in [7, 11) is 4.10. The zero-order valence-corrected chi connectivity index (χ0v) is 13.9. The van der Waals surface area contributed by atoms with E-state index in [1.807, 2.05) is 13.1 Å². The molecule has 98 valence electrons. The first-order valence-electron chi connectivity index (χ1n) is 5.84. The highest BCUT2D eigenvalue weighted by atomic mass is 127. The lowest BCUT2D eigenvalue weighted by Gasteiger charge is -2.06. The van der Waals surface area contributed by atoms with Gasteiger partial charge in [0.15, 0.2) is 5.65 Å². The van der Waals surface area contributed by atoms with Crippen molar-refractivity contribution in [1.82, 2.24) is 14.4 Å². The van der Waals surface area contributed by atoms with Gasteiger partial charge in [-0.3, -0.25) is 0 Å². The van der Waals surface area contributed by atoms with Gasteiger partial charge in [0, 0.05) is 26.5 Å². The van der Waals surface area contributed by atoms with E-state index < -0.39 is 0 Å². The van der Waals surface area contributed by atoms with E-state index in [9.17, 15) is 0 Å². The van der Waals surface area contributed by atoms with Crippen LogP contribution in [0.4, 0.5) is 5.00 Å². The lowest BCUT2D eigenvalue weighted by Crippen LogP contribution is -2.05. The molecule has 0 aromatic carbocycles. The van der Waals surface area contributed by atoms with E-state index >= 15 is 0 Å². The smallest absolute Gasteiger partial charge is 0.159 e. The predicted octanol–water partition coefficient (Wildman–Crippen LogP) is 3.44. The Morgan fingerprint density at radius 2 is 2.00 bits per heavy atom. The van der Waals surface area contributed by atoms with Crippen LogP contribution in [0.15, 0.2) is 24.5 Å². The normalized spacial score (nSPS) is 11.2. The van der Waals surface area contributed by atoms with Gasteiger partial charge in [-0.05, 0) is 41.6 Å². The molecule has 3 rings (SSSR count). The topological polar surface area (TPSA) is 33.4 Å². The van der Waals surface area contributed by atoms with Crippen molar-refractivity contribution < 1.29 is 0 Å². The van der Waals surface area contributed by atoms with Crippen LogP contribution < -0.4 is 4.90 Å². The Bertz CT molecular complexity index is 744. The quantitative estimate of drug-likeness (QED) is 0.635. The summed E-state index contributed by atoms with van der Waals surface area (Å²) in [6, 6.07) is 4.24. The average Bonchev–Trinajstić information content (AvgIpc) is 2.92. The first-order valence-corrected chi connectivity index (χ1v) is 7.73. The monoisotopic (exact) mass is 384 g/mol. The minimum Gasteiger partial charge on any atom is -0.370 e. The Morgan fingerprint density at radius 1 is 1.21 bits per heavy atom. The lowest BCUT2D eigenvalue weighted by molar-refractivity contribution is 1.05. The maximum atomic E-state index is 4.69. The van der Waals surface area contributed by atoms with Crippen molar-refractivity contribution in [1.29, 1.82) is 0 Å². The molecule has 0 amide bonds. The van der Waals surface area contributed by atoms with Gasteiger partial charge >= 0.3 is 0 Å². The number of nitrogens with zero attached hydrogens (tertiary/aromatic N) is 4. The summed E-state index contributed by atoms with van der Waals surface area (Å²) in [5, 5.41) is 1.23. The van der Waals surface area contributed by atoms with Crippen molar-refractivity contribution in [3.05, 3.63) is 33.9 Å². The number of thiophene rings is 1. The largest absolute Gasteiger partial charge is 0.370 e. The van der Waals surface area contributed by atoms with Gasteiger partial charge in [-0.2, -0.15) is 0 Å². The second-order valence-corrected chi connectivity index (χ2v) is 6.71. The summed E-state index contributed by atoms with van der Waals surface area (Å²) in [6.07, 6.45) is 4.07. The molecule has 3 aromatic heterocycles. The van der Waals surface area contributed by atoms with E-state index in [0.29, 0.717) is 0 Å². The molecule has 3 heterocycles. The molecule has 0 N–H and O–H groups in total. The van der Waals surface area contributed by atoms with Gasteiger partial charge in [0.1, 0.15) is 3.70 Å². The number of aryl methyl sites for hydroxylation is 1. The third-order valence-corrected chi connectivity index (χ3v) is 4.66. The third-order valence-electron chi connectivity index (χ3n) is 2.86. The number of fused-ring (bicyclic) bond motifs is 1. The fourth-order valence-corrected chi connectivity index (χ4v) is 3.48. The number of hydrogen-bond donors (Lipinski definition) is 0. The molecule has 0 unspecified atom stereocenters. The van der Waals surface area contributed by atoms with Crippen molar-refractivity contribution >= 4 is 44.6 Å². The summed E-state index contributed by atoms with van der Waals surface area (Å²) in [5.74, 6) is 0. The second kappa shape index (κ2) is 4.75. The Hall–Kier alpha value is -1.15. The van der Waals surface area contributed by atoms with E-state index in [-0.39, 0.29) is 0 Å². The molecular weight excluding hydrogens is 371 g/mol. The van der Waals surface area contributed by atoms with Gasteiger partial charge in [0.2, 0.25) is 0 Å². The summed E-state index contributed by atoms with van der Waals surface area (Å²) in [5.41, 5.74) is 2.89. The van der Waals surface area contributed by atoms with Crippen molar-refractivity contribution in [3.8, 4) is 10.6 Å². The standard InChI is InChI=1S/C13H13IN4S/c1-8-13-16-9(6-18(13)7-11(14)15-8)10-4-5-12(19-10)17(2)3/h4-7H,1-3H3. The number of halogens is 1. The highest BCUT2D eigenvalue weighted by Gasteiger charge is 2.10. The molecule has 0 saturated heterocycles. The van der Waals surface area contributed by atoms with Crippen LogP contribution in [0.5, 0.6) is 0 Å². The molecule has 0 aliphatic rings. The van der Waals surface area contributed by atoms with E-state index in [1.54, 1.807) is 11.3 Å². The maximum absolute atomic E-state index is 4.69. The van der Waals surface area contributed by atoms with E-state index in [2.05, 4.69) is 74.3 Å². The van der Waals surface area contributed by atoms with E-state index in [0.717, 1.165) is 20.7 Å². The fourth-order valence-electron chi connectivity index (χ4n) is 1.94. The van der Waals surface area contributed by atoms with Crippen LogP contribution in [0, 0.1) is 10.6 Å². The van der Waals surface area contributed by atoms with E-state index in [1.165, 1.54) is 9.88 Å². The first kappa shape index (κ1) is 12.9. The Morgan fingerprint density at radius 3 is 2.68 bits per heavy atom. The summed E-state index contributed by atoms with van der Waals surface area (Å²) < 4.78 is 3.03. The third kappa shape index (κ3) is 2.34. The molecule has 19 heavy (non-hydrogen) atoms. The summed E-state index contributed by atoms with van der Waals surface area (Å²) >= 11 is 3.97. The number of imidazole rings is 1. The minimum absolute atomic E-state index is 0.926. The van der Waals surface area contributed by atoms with Crippen molar-refractivity contribution in [2.45, 2.75) is 6.92 Å². The first-order chi connectivity index (χ1) is 9.04. The van der Waals surface area contributed by atoms with Gasteiger partial charge in [-0.15, -0.1) is 11.3 Å². The molecule has 3 aromatic rings. The zero-order valence-electron chi connectivity index (χ0n) is 10.9. The summed E-state index contributed by atoms with van der Waals surface area (Å²) in [6.45, 7) is 1.99. The molecule has 6 heteroatoms. The average molecular weight is 384 g/mol. The van der Waals surface area contributed by atoms with Crippen LogP contribution in [0.25, 0.3) is 16.2 Å². The molecule has 0 atom stereocenters. The van der Waals surface area contributed by atoms with Crippen molar-refractivity contribution in [3.63, 3.8) is 0 Å². The van der Waals surface area contributed by atoms with Gasteiger partial charge in [-0.1, -0.05) is 0 Å². The number of rotatable bonds is 2. The number of hydrogen-bond acceptors (Lipinski definition) is 4. The minimum atomic E-state index is 0.926. The van der Waals surface area contributed by atoms with Crippen LogP contribution in [0.1, 0.15) is 5.69 Å². The van der Waals surface area contributed by atoms with Gasteiger partial charge in [0.05, 0.1) is 21.3 Å². The van der Waals surface area contributed by atoms with Gasteiger partial charge in [0.25, 0.3) is 0 Å². The highest BCUT2D eigenvalue weighted by molar-refractivity contribution is 14.1. The molecule has 0 bridgehead atoms. The van der Waals surface area contributed by atoms with Gasteiger partial charge < -0.3 is 9.30 Å². The molecule has 0 radical (unpaired) electrons. The van der Waals surface area contributed by atoms with Crippen molar-refractivity contribution in [2.75, 3.05) is 19.0 Å². The lowest BCUT2D eigenvalue weighted by atomic mass is 10.4. The molecule has 0 aliphatic carbocycles. The molecule has 0 aliphatic heterocycles. The van der Waals surface area contributed by atoms with E-state index in [4.69, 9.17) is 0 Å². The SMILES string of the molecule is Cc1nc(I)cn2cc(-c3ccc(N(C)C)s3)nc12.